The van der Waals surface area contributed by atoms with Gasteiger partial charge in [-0.05, 0) is 52.2 Å². The van der Waals surface area contributed by atoms with Gasteiger partial charge in [0.2, 0.25) is 0 Å². The molecule has 27 heavy (non-hydrogen) atoms. The van der Waals surface area contributed by atoms with E-state index in [9.17, 15) is 0 Å². The fraction of sp³-hybridized carbons (Fsp3) is 0.211. The van der Waals surface area contributed by atoms with Crippen molar-refractivity contribution in [1.82, 2.24) is 10.3 Å². The van der Waals surface area contributed by atoms with Crippen molar-refractivity contribution >= 4 is 39.7 Å². The lowest BCUT2D eigenvalue weighted by Crippen LogP contribution is -2.39. The summed E-state index contributed by atoms with van der Waals surface area (Å²) in [6.45, 7) is 0.628. The predicted molar refractivity (Wildman–Crippen MR) is 113 cm³/mol. The molecular formula is C19H19BrN6O. The van der Waals surface area contributed by atoms with Crippen molar-refractivity contribution in [2.24, 2.45) is 20.0 Å². The van der Waals surface area contributed by atoms with Crippen molar-refractivity contribution in [3.8, 4) is 11.5 Å². The Bertz CT molecular complexity index is 901. The molecule has 0 radical (unpaired) electrons. The molecule has 1 aromatic heterocycles. The largest absolute Gasteiger partial charge is 0.456 e. The average molecular weight is 427 g/mol. The molecule has 1 aliphatic rings. The number of ether oxygens (including phenoxy) is 1. The van der Waals surface area contributed by atoms with Crippen molar-refractivity contribution in [3.63, 3.8) is 0 Å². The van der Waals surface area contributed by atoms with Gasteiger partial charge in [0.15, 0.2) is 11.7 Å². The molecule has 7 nitrogen and oxygen atoms in total. The minimum absolute atomic E-state index is 0.582. The highest BCUT2D eigenvalue weighted by Crippen LogP contribution is 2.22. The van der Waals surface area contributed by atoms with E-state index in [0.717, 1.165) is 16.8 Å². The summed E-state index contributed by atoms with van der Waals surface area (Å²) in [6, 6.07) is 11.7. The molecule has 0 bridgehead atoms. The first-order valence-corrected chi connectivity index (χ1v) is 9.15. The Labute approximate surface area is 166 Å². The van der Waals surface area contributed by atoms with Crippen LogP contribution in [0.5, 0.6) is 11.5 Å². The van der Waals surface area contributed by atoms with E-state index >= 15 is 0 Å². The molecule has 0 atom stereocenters. The molecule has 1 N–H and O–H groups in total. The molecule has 3 rings (SSSR count). The number of nitrogens with zero attached hydrogens (tertiary/aromatic N) is 5. The number of halogens is 1. The van der Waals surface area contributed by atoms with Crippen LogP contribution in [-0.2, 0) is 6.42 Å². The van der Waals surface area contributed by atoms with E-state index in [4.69, 9.17) is 4.74 Å². The Kier molecular flexibility index (Phi) is 6.43. The van der Waals surface area contributed by atoms with E-state index in [1.807, 2.05) is 36.4 Å². The maximum atomic E-state index is 5.78. The zero-order chi connectivity index (χ0) is 19.1. The third-order valence-electron chi connectivity index (χ3n) is 3.79. The van der Waals surface area contributed by atoms with Crippen LogP contribution >= 0.6 is 15.9 Å². The van der Waals surface area contributed by atoms with Gasteiger partial charge < -0.3 is 10.1 Å². The third-order valence-corrected chi connectivity index (χ3v) is 4.26. The topological polar surface area (TPSA) is 83.6 Å². The van der Waals surface area contributed by atoms with Crippen molar-refractivity contribution in [2.75, 3.05) is 20.6 Å². The Morgan fingerprint density at radius 2 is 1.81 bits per heavy atom. The van der Waals surface area contributed by atoms with Gasteiger partial charge in [0.05, 0.1) is 12.5 Å². The lowest BCUT2D eigenvalue weighted by atomic mass is 10.1. The Morgan fingerprint density at radius 1 is 1.04 bits per heavy atom. The number of hydrogen-bond donors (Lipinski definition) is 1. The second-order valence-corrected chi connectivity index (χ2v) is 6.38. The number of amidine groups is 2. The number of aliphatic imine (C=N–C) groups is 4. The molecule has 0 saturated heterocycles. The molecule has 0 aliphatic carbocycles. The van der Waals surface area contributed by atoms with Crippen LogP contribution < -0.4 is 10.1 Å². The lowest BCUT2D eigenvalue weighted by molar-refractivity contribution is 0.480. The summed E-state index contributed by atoms with van der Waals surface area (Å²) in [4.78, 5) is 21.2. The highest BCUT2D eigenvalue weighted by Gasteiger charge is 2.17. The van der Waals surface area contributed by atoms with Gasteiger partial charge in [-0.3, -0.25) is 15.0 Å². The molecule has 0 unspecified atom stereocenters. The first-order chi connectivity index (χ1) is 13.2. The van der Waals surface area contributed by atoms with E-state index in [2.05, 4.69) is 46.2 Å². The van der Waals surface area contributed by atoms with Gasteiger partial charge in [-0.15, -0.1) is 0 Å². The van der Waals surface area contributed by atoms with Gasteiger partial charge in [-0.2, -0.15) is 0 Å². The Hall–Kier alpha value is -2.87. The monoisotopic (exact) mass is 426 g/mol. The van der Waals surface area contributed by atoms with Crippen LogP contribution in [0.2, 0.25) is 0 Å². The molecule has 0 saturated carbocycles. The third kappa shape index (κ3) is 5.07. The minimum Gasteiger partial charge on any atom is -0.456 e. The van der Waals surface area contributed by atoms with E-state index in [1.165, 1.54) is 5.56 Å². The Balaban J connectivity index is 1.59. The van der Waals surface area contributed by atoms with E-state index < -0.39 is 0 Å². The molecule has 138 valence electrons. The molecular weight excluding hydrogens is 408 g/mol. The molecule has 0 fully saturated rings. The Morgan fingerprint density at radius 3 is 2.48 bits per heavy atom. The van der Waals surface area contributed by atoms with E-state index in [1.54, 1.807) is 26.6 Å². The summed E-state index contributed by atoms with van der Waals surface area (Å²) >= 11 is 3.31. The maximum Gasteiger partial charge on any atom is 0.178 e. The van der Waals surface area contributed by atoms with Crippen molar-refractivity contribution in [1.29, 1.82) is 0 Å². The standard InChI is InChI=1S/C19H19BrN6O/c1-21-17-18(22-2)25-12-26-19(17)23-10-9-13-3-5-14(6-4-13)27-15-7-8-16(20)24-11-15/h3-8,11-12H,9-10H2,1-2H3,(H,22,23,25,26). The summed E-state index contributed by atoms with van der Waals surface area (Å²) in [5.74, 6) is 2.74. The number of hydrogen-bond acceptors (Lipinski definition) is 5. The molecule has 0 amide bonds. The van der Waals surface area contributed by atoms with Gasteiger partial charge in [0, 0.05) is 20.6 Å². The lowest BCUT2D eigenvalue weighted by Gasteiger charge is -2.13. The SMILES string of the molecule is CN=C1N=CNC(=NCCc2ccc(Oc3ccc(Br)nc3)cc2)C1=NC. The van der Waals surface area contributed by atoms with Gasteiger partial charge in [0.1, 0.15) is 21.8 Å². The van der Waals surface area contributed by atoms with E-state index in [-0.39, 0.29) is 0 Å². The predicted octanol–water partition coefficient (Wildman–Crippen LogP) is 3.31. The first-order valence-electron chi connectivity index (χ1n) is 8.36. The average Bonchev–Trinajstić information content (AvgIpc) is 2.70. The van der Waals surface area contributed by atoms with Crippen molar-refractivity contribution in [3.05, 3.63) is 52.8 Å². The molecule has 1 aromatic carbocycles. The molecule has 1 aliphatic heterocycles. The normalized spacial score (nSPS) is 18.1. The first kappa shape index (κ1) is 18.9. The summed E-state index contributed by atoms with van der Waals surface area (Å²) < 4.78 is 6.55. The zero-order valence-corrected chi connectivity index (χ0v) is 16.6. The molecule has 2 aromatic rings. The van der Waals surface area contributed by atoms with Crippen LogP contribution in [0, 0.1) is 0 Å². The van der Waals surface area contributed by atoms with Crippen LogP contribution in [0.3, 0.4) is 0 Å². The molecule has 8 heteroatoms. The highest BCUT2D eigenvalue weighted by atomic mass is 79.9. The van der Waals surface area contributed by atoms with Gasteiger partial charge in [-0.1, -0.05) is 12.1 Å². The summed E-state index contributed by atoms with van der Waals surface area (Å²) in [5, 5.41) is 3.03. The smallest absolute Gasteiger partial charge is 0.178 e. The van der Waals surface area contributed by atoms with Gasteiger partial charge in [0.25, 0.3) is 0 Å². The number of pyridine rings is 1. The minimum atomic E-state index is 0.582. The second-order valence-electron chi connectivity index (χ2n) is 5.56. The second kappa shape index (κ2) is 9.18. The van der Waals surface area contributed by atoms with Crippen LogP contribution in [0.15, 0.2) is 67.2 Å². The summed E-state index contributed by atoms with van der Waals surface area (Å²) in [7, 11) is 3.40. The zero-order valence-electron chi connectivity index (χ0n) is 15.1. The van der Waals surface area contributed by atoms with Crippen molar-refractivity contribution in [2.45, 2.75) is 6.42 Å². The molecule has 0 spiro atoms. The number of nitrogens with one attached hydrogen (secondary N) is 1. The fourth-order valence-electron chi connectivity index (χ4n) is 2.46. The number of rotatable bonds is 5. The highest BCUT2D eigenvalue weighted by molar-refractivity contribution is 9.10. The van der Waals surface area contributed by atoms with Gasteiger partial charge in [-0.25, -0.2) is 9.98 Å². The van der Waals surface area contributed by atoms with Crippen LogP contribution in [-0.4, -0.2) is 49.3 Å². The summed E-state index contributed by atoms with van der Waals surface area (Å²) in [6.07, 6.45) is 4.06. The number of benzene rings is 1. The van der Waals surface area contributed by atoms with Crippen LogP contribution in [0.1, 0.15) is 5.56 Å². The van der Waals surface area contributed by atoms with Gasteiger partial charge >= 0.3 is 0 Å². The number of aromatic nitrogens is 1. The van der Waals surface area contributed by atoms with E-state index in [0.29, 0.717) is 29.7 Å². The quantitative estimate of drug-likeness (QED) is 0.744. The molecule has 2 heterocycles. The van der Waals surface area contributed by atoms with Crippen LogP contribution in [0.4, 0.5) is 0 Å². The van der Waals surface area contributed by atoms with Crippen LogP contribution in [0.25, 0.3) is 0 Å². The summed E-state index contributed by atoms with van der Waals surface area (Å²) in [5.41, 5.74) is 1.84. The fourth-order valence-corrected chi connectivity index (χ4v) is 2.69. The van der Waals surface area contributed by atoms with Crippen molar-refractivity contribution < 1.29 is 4.74 Å². The maximum absolute atomic E-state index is 5.78.